The third-order valence-corrected chi connectivity index (χ3v) is 6.82. The van der Waals surface area contributed by atoms with Gasteiger partial charge in [0.1, 0.15) is 17.3 Å². The van der Waals surface area contributed by atoms with Gasteiger partial charge in [-0.3, -0.25) is 9.69 Å². The first-order valence-electron chi connectivity index (χ1n) is 11.9. The monoisotopic (exact) mass is 509 g/mol. The van der Waals surface area contributed by atoms with Crippen LogP contribution in [0.4, 0.5) is 19.0 Å². The highest BCUT2D eigenvalue weighted by Gasteiger charge is 2.39. The van der Waals surface area contributed by atoms with Crippen LogP contribution in [0.25, 0.3) is 0 Å². The summed E-state index contributed by atoms with van der Waals surface area (Å²) in [5, 5.41) is 3.59. The molecule has 35 heavy (non-hydrogen) atoms. The highest BCUT2D eigenvalue weighted by Crippen LogP contribution is 2.39. The Kier molecular flexibility index (Phi) is 7.29. The zero-order chi connectivity index (χ0) is 25.4. The van der Waals surface area contributed by atoms with Crippen LogP contribution in [-0.2, 0) is 11.6 Å². The molecule has 1 N–H and O–H groups in total. The third-order valence-electron chi connectivity index (χ3n) is 6.56. The van der Waals surface area contributed by atoms with E-state index < -0.39 is 17.3 Å². The molecule has 1 saturated carbocycles. The minimum absolute atomic E-state index is 0.0985. The average Bonchev–Trinajstić information content (AvgIpc) is 3.54. The lowest BCUT2D eigenvalue weighted by Gasteiger charge is -2.36. The van der Waals surface area contributed by atoms with Crippen molar-refractivity contribution in [1.29, 1.82) is 0 Å². The van der Waals surface area contributed by atoms with Crippen molar-refractivity contribution in [2.75, 3.05) is 44.2 Å². The molecule has 2 unspecified atom stereocenters. The lowest BCUT2D eigenvalue weighted by atomic mass is 9.95. The van der Waals surface area contributed by atoms with Crippen LogP contribution in [0.3, 0.4) is 0 Å². The standard InChI is InChI=1S/C25H31ClF3N5O/c1-24(2,3)23-31-20(25(27,28)29)13-21(32-23)34-10-8-33(9-11-34)15-18-12-17(18)14-30-22(35)16-4-6-19(26)7-5-16/h4-7,13,17-18H,8-12,14-15H2,1-3H3,(H,30,35). The van der Waals surface area contributed by atoms with Crippen LogP contribution in [0.2, 0.25) is 5.02 Å². The highest BCUT2D eigenvalue weighted by molar-refractivity contribution is 6.30. The maximum Gasteiger partial charge on any atom is 0.433 e. The maximum atomic E-state index is 13.4. The Balaban J connectivity index is 1.27. The molecule has 2 aliphatic rings. The number of nitrogens with zero attached hydrogens (tertiary/aromatic N) is 4. The molecule has 1 saturated heterocycles. The Morgan fingerprint density at radius 1 is 1.06 bits per heavy atom. The van der Waals surface area contributed by atoms with E-state index in [9.17, 15) is 18.0 Å². The molecule has 190 valence electrons. The van der Waals surface area contributed by atoms with Gasteiger partial charge in [0.25, 0.3) is 5.91 Å². The Morgan fingerprint density at radius 2 is 1.71 bits per heavy atom. The topological polar surface area (TPSA) is 61.4 Å². The molecule has 4 rings (SSSR count). The van der Waals surface area contributed by atoms with Crippen LogP contribution in [-0.4, -0.2) is 60.0 Å². The summed E-state index contributed by atoms with van der Waals surface area (Å²) in [6.07, 6.45) is -3.44. The number of alkyl halides is 3. The van der Waals surface area contributed by atoms with Crippen molar-refractivity contribution in [2.45, 2.75) is 38.8 Å². The van der Waals surface area contributed by atoms with Gasteiger partial charge in [-0.2, -0.15) is 13.2 Å². The normalized spacial score (nSPS) is 21.2. The van der Waals surface area contributed by atoms with Gasteiger partial charge in [0.2, 0.25) is 0 Å². The van der Waals surface area contributed by atoms with Crippen molar-refractivity contribution < 1.29 is 18.0 Å². The molecule has 2 atom stereocenters. The smallest absolute Gasteiger partial charge is 0.354 e. The molecule has 1 aliphatic heterocycles. The zero-order valence-corrected chi connectivity index (χ0v) is 21.0. The van der Waals surface area contributed by atoms with Crippen molar-refractivity contribution in [3.8, 4) is 0 Å². The molecular formula is C25H31ClF3N5O. The molecule has 0 radical (unpaired) electrons. The number of carbonyl (C=O) groups excluding carboxylic acids is 1. The van der Waals surface area contributed by atoms with Crippen molar-refractivity contribution in [1.82, 2.24) is 20.2 Å². The maximum absolute atomic E-state index is 13.4. The summed E-state index contributed by atoms with van der Waals surface area (Å²) in [6.45, 7) is 9.76. The molecule has 10 heteroatoms. The molecule has 1 aliphatic carbocycles. The molecule has 1 aromatic heterocycles. The van der Waals surface area contributed by atoms with Gasteiger partial charge in [-0.1, -0.05) is 32.4 Å². The van der Waals surface area contributed by atoms with Gasteiger partial charge in [-0.25, -0.2) is 9.97 Å². The number of piperazine rings is 1. The van der Waals surface area contributed by atoms with Crippen LogP contribution < -0.4 is 10.2 Å². The van der Waals surface area contributed by atoms with Gasteiger partial charge < -0.3 is 10.2 Å². The van der Waals surface area contributed by atoms with E-state index in [4.69, 9.17) is 11.6 Å². The first-order chi connectivity index (χ1) is 16.4. The zero-order valence-electron chi connectivity index (χ0n) is 20.2. The number of amides is 1. The van der Waals surface area contributed by atoms with Gasteiger partial charge in [0.15, 0.2) is 0 Å². The summed E-state index contributed by atoms with van der Waals surface area (Å²) in [5.74, 6) is 1.42. The summed E-state index contributed by atoms with van der Waals surface area (Å²) in [5.41, 5.74) is -0.881. The van der Waals surface area contributed by atoms with Crippen molar-refractivity contribution in [3.05, 3.63) is 52.4 Å². The second kappa shape index (κ2) is 9.93. The number of nitrogens with one attached hydrogen (secondary N) is 1. The largest absolute Gasteiger partial charge is 0.433 e. The Bertz CT molecular complexity index is 1010. The fraction of sp³-hybridized carbons (Fsp3) is 0.560. The van der Waals surface area contributed by atoms with Crippen molar-refractivity contribution in [2.24, 2.45) is 11.8 Å². The number of carbonyl (C=O) groups is 1. The molecule has 2 heterocycles. The van der Waals surface area contributed by atoms with E-state index in [1.54, 1.807) is 24.3 Å². The van der Waals surface area contributed by atoms with Gasteiger partial charge in [-0.15, -0.1) is 0 Å². The number of aromatic nitrogens is 2. The predicted molar refractivity (Wildman–Crippen MR) is 130 cm³/mol. The number of benzene rings is 1. The number of hydrogen-bond donors (Lipinski definition) is 1. The van der Waals surface area contributed by atoms with Crippen LogP contribution >= 0.6 is 11.6 Å². The fourth-order valence-electron chi connectivity index (χ4n) is 4.28. The minimum Gasteiger partial charge on any atom is -0.354 e. The molecule has 1 aromatic carbocycles. The van der Waals surface area contributed by atoms with Crippen LogP contribution in [0.5, 0.6) is 0 Å². The van der Waals surface area contributed by atoms with E-state index in [0.29, 0.717) is 47.9 Å². The van der Waals surface area contributed by atoms with E-state index in [-0.39, 0.29) is 11.7 Å². The quantitative estimate of drug-likeness (QED) is 0.615. The van der Waals surface area contributed by atoms with E-state index in [2.05, 4.69) is 20.2 Å². The first kappa shape index (κ1) is 25.7. The van der Waals surface area contributed by atoms with Gasteiger partial charge in [-0.05, 0) is 42.5 Å². The highest BCUT2D eigenvalue weighted by atomic mass is 35.5. The first-order valence-corrected chi connectivity index (χ1v) is 12.3. The second-order valence-corrected chi connectivity index (χ2v) is 10.9. The number of anilines is 1. The average molecular weight is 510 g/mol. The predicted octanol–water partition coefficient (Wildman–Crippen LogP) is 4.63. The van der Waals surface area contributed by atoms with Gasteiger partial charge in [0, 0.05) is 61.3 Å². The van der Waals surface area contributed by atoms with Crippen molar-refractivity contribution >= 4 is 23.3 Å². The molecule has 0 spiro atoms. The second-order valence-electron chi connectivity index (χ2n) is 10.4. The van der Waals surface area contributed by atoms with Crippen LogP contribution in [0.15, 0.2) is 30.3 Å². The Morgan fingerprint density at radius 3 is 2.31 bits per heavy atom. The summed E-state index contributed by atoms with van der Waals surface area (Å²) >= 11 is 5.87. The number of halogens is 4. The lowest BCUT2D eigenvalue weighted by molar-refractivity contribution is -0.141. The van der Waals surface area contributed by atoms with Gasteiger partial charge >= 0.3 is 6.18 Å². The molecule has 6 nitrogen and oxygen atoms in total. The Hall–Kier alpha value is -2.39. The fourth-order valence-corrected chi connectivity index (χ4v) is 4.41. The summed E-state index contributed by atoms with van der Waals surface area (Å²) in [4.78, 5) is 24.8. The third kappa shape index (κ3) is 6.64. The van der Waals surface area contributed by atoms with Gasteiger partial charge in [0.05, 0.1) is 0 Å². The van der Waals surface area contributed by atoms with Crippen LogP contribution in [0.1, 0.15) is 49.1 Å². The molecule has 2 fully saturated rings. The number of hydrogen-bond acceptors (Lipinski definition) is 5. The lowest BCUT2D eigenvalue weighted by Crippen LogP contribution is -2.47. The molecular weight excluding hydrogens is 479 g/mol. The summed E-state index contributed by atoms with van der Waals surface area (Å²) in [7, 11) is 0. The SMILES string of the molecule is CC(C)(C)c1nc(N2CCN(CC3CC3CNC(=O)c3ccc(Cl)cc3)CC2)cc(C(F)(F)F)n1. The Labute approximate surface area is 208 Å². The van der Waals surface area contributed by atoms with Crippen LogP contribution in [0, 0.1) is 11.8 Å². The van der Waals surface area contributed by atoms with E-state index in [0.717, 1.165) is 32.1 Å². The molecule has 2 aromatic rings. The van der Waals surface area contributed by atoms with E-state index in [1.165, 1.54) is 0 Å². The summed E-state index contributed by atoms with van der Waals surface area (Å²) in [6, 6.07) is 7.88. The summed E-state index contributed by atoms with van der Waals surface area (Å²) < 4.78 is 40.3. The van der Waals surface area contributed by atoms with E-state index in [1.807, 2.05) is 25.7 Å². The molecule has 0 bridgehead atoms. The number of rotatable bonds is 6. The molecule has 1 amide bonds. The minimum atomic E-state index is -4.51. The van der Waals surface area contributed by atoms with E-state index >= 15 is 0 Å². The van der Waals surface area contributed by atoms with Crippen molar-refractivity contribution in [3.63, 3.8) is 0 Å².